The first kappa shape index (κ1) is 15.1. The summed E-state index contributed by atoms with van der Waals surface area (Å²) in [5.74, 6) is 0.515. The molecule has 0 saturated heterocycles. The molecule has 16 heavy (non-hydrogen) atoms. The highest BCUT2D eigenvalue weighted by Gasteiger charge is 2.24. The molecule has 0 spiro atoms. The van der Waals surface area contributed by atoms with E-state index in [4.69, 9.17) is 0 Å². The van der Waals surface area contributed by atoms with Crippen molar-refractivity contribution < 1.29 is 9.46 Å². The minimum Gasteiger partial charge on any atom is -0.344 e. The smallest absolute Gasteiger partial charge is 0.200 e. The van der Waals surface area contributed by atoms with Crippen LogP contribution in [-0.4, -0.2) is 23.8 Å². The molecule has 0 bridgehead atoms. The fourth-order valence-corrected chi connectivity index (χ4v) is 5.11. The van der Waals surface area contributed by atoms with Crippen molar-refractivity contribution in [3.8, 4) is 0 Å². The van der Waals surface area contributed by atoms with Gasteiger partial charge >= 0.3 is 0 Å². The van der Waals surface area contributed by atoms with E-state index in [9.17, 15) is 9.46 Å². The summed E-state index contributed by atoms with van der Waals surface area (Å²) in [5.41, 5.74) is 0. The third-order valence-electron chi connectivity index (χ3n) is 3.18. The van der Waals surface area contributed by atoms with Gasteiger partial charge in [-0.05, 0) is 40.1 Å². The van der Waals surface area contributed by atoms with E-state index in [0.29, 0.717) is 26.7 Å². The summed E-state index contributed by atoms with van der Waals surface area (Å²) in [6, 6.07) is 0. The van der Waals surface area contributed by atoms with Crippen molar-refractivity contribution >= 4 is 24.7 Å². The molecule has 6 heteroatoms. The maximum absolute atomic E-state index is 12.0. The molecule has 0 aliphatic heterocycles. The van der Waals surface area contributed by atoms with Crippen LogP contribution in [0.4, 0.5) is 0 Å². The second kappa shape index (κ2) is 8.17. The van der Waals surface area contributed by atoms with Gasteiger partial charge in [0.05, 0.1) is 0 Å². The quantitative estimate of drug-likeness (QED) is 0.557. The van der Waals surface area contributed by atoms with E-state index in [1.807, 2.05) is 0 Å². The molecule has 0 heterocycles. The van der Waals surface area contributed by atoms with Crippen LogP contribution in [0.1, 0.15) is 38.5 Å². The molecule has 0 aromatic rings. The SMILES string of the molecule is O=P(O)(CCCNPP)CC1CCCCC1. The van der Waals surface area contributed by atoms with E-state index in [2.05, 4.69) is 14.0 Å². The monoisotopic (exact) mass is 283 g/mol. The number of hydrogen-bond donors (Lipinski definition) is 2. The Hall–Kier alpha value is 1.01. The summed E-state index contributed by atoms with van der Waals surface area (Å²) in [7, 11) is 0.429. The van der Waals surface area contributed by atoms with Gasteiger partial charge in [0.2, 0.25) is 7.37 Å². The van der Waals surface area contributed by atoms with Gasteiger partial charge in [0.15, 0.2) is 0 Å². The van der Waals surface area contributed by atoms with Gasteiger partial charge < -0.3 is 4.89 Å². The number of hydrogen-bond acceptors (Lipinski definition) is 2. The zero-order valence-corrected chi connectivity index (χ0v) is 12.9. The molecular weight excluding hydrogens is 259 g/mol. The predicted molar refractivity (Wildman–Crippen MR) is 76.8 cm³/mol. The van der Waals surface area contributed by atoms with Crippen molar-refractivity contribution in [3.05, 3.63) is 0 Å². The molecule has 3 atom stereocenters. The minimum atomic E-state index is -2.84. The van der Waals surface area contributed by atoms with Gasteiger partial charge in [-0.15, -0.1) is 0 Å². The van der Waals surface area contributed by atoms with Gasteiger partial charge in [-0.2, -0.15) is 0 Å². The lowest BCUT2D eigenvalue weighted by Gasteiger charge is -2.24. The third-order valence-corrected chi connectivity index (χ3v) is 6.35. The summed E-state index contributed by atoms with van der Waals surface area (Å²) < 4.78 is 12.0. The summed E-state index contributed by atoms with van der Waals surface area (Å²) >= 11 is 0. The highest BCUT2D eigenvalue weighted by Crippen LogP contribution is 2.45. The zero-order valence-electron chi connectivity index (χ0n) is 9.82. The second-order valence-electron chi connectivity index (χ2n) is 4.68. The van der Waals surface area contributed by atoms with Gasteiger partial charge in [-0.3, -0.25) is 9.65 Å². The number of nitrogens with one attached hydrogen (secondary N) is 1. The van der Waals surface area contributed by atoms with Crippen LogP contribution in [0.3, 0.4) is 0 Å². The Morgan fingerprint density at radius 1 is 1.38 bits per heavy atom. The Balaban J connectivity index is 2.19. The molecule has 1 saturated carbocycles. The van der Waals surface area contributed by atoms with Gasteiger partial charge in [0.1, 0.15) is 0 Å². The van der Waals surface area contributed by atoms with Crippen LogP contribution < -0.4 is 5.09 Å². The van der Waals surface area contributed by atoms with Crippen molar-refractivity contribution in [1.82, 2.24) is 5.09 Å². The lowest BCUT2D eigenvalue weighted by Crippen LogP contribution is -2.13. The fraction of sp³-hybridized carbons (Fsp3) is 1.00. The molecule has 3 unspecified atom stereocenters. The molecule has 0 radical (unpaired) electrons. The highest BCUT2D eigenvalue weighted by atomic mass is 32.0. The first-order valence-corrected chi connectivity index (χ1v) is 11.0. The van der Waals surface area contributed by atoms with Crippen molar-refractivity contribution in [2.75, 3.05) is 18.9 Å². The molecular formula is C10H24NO2P3. The molecule has 96 valence electrons. The normalized spacial score (nSPS) is 22.6. The van der Waals surface area contributed by atoms with Crippen molar-refractivity contribution in [1.29, 1.82) is 0 Å². The van der Waals surface area contributed by atoms with Gasteiger partial charge in [-0.1, -0.05) is 28.2 Å². The maximum atomic E-state index is 12.0. The van der Waals surface area contributed by atoms with Crippen LogP contribution in [0.25, 0.3) is 0 Å². The molecule has 1 aliphatic rings. The van der Waals surface area contributed by atoms with Crippen LogP contribution in [0.15, 0.2) is 0 Å². The maximum Gasteiger partial charge on any atom is 0.200 e. The summed E-state index contributed by atoms with van der Waals surface area (Å²) in [6.07, 6.45) is 8.02. The summed E-state index contributed by atoms with van der Waals surface area (Å²) in [4.78, 5) is 9.89. The van der Waals surface area contributed by atoms with Crippen LogP contribution in [0, 0.1) is 5.92 Å². The second-order valence-corrected chi connectivity index (χ2v) is 8.69. The van der Waals surface area contributed by atoms with Crippen molar-refractivity contribution in [2.45, 2.75) is 38.5 Å². The third kappa shape index (κ3) is 6.67. The molecule has 1 aliphatic carbocycles. The average Bonchev–Trinajstić information content (AvgIpc) is 2.25. The van der Waals surface area contributed by atoms with E-state index in [-0.39, 0.29) is 0 Å². The van der Waals surface area contributed by atoms with Crippen LogP contribution >= 0.6 is 24.7 Å². The first-order valence-electron chi connectivity index (χ1n) is 6.13. The lowest BCUT2D eigenvalue weighted by atomic mass is 9.91. The molecule has 2 N–H and O–H groups in total. The minimum absolute atomic E-state index is 0.492. The molecule has 0 amide bonds. The fourth-order valence-electron chi connectivity index (χ4n) is 2.35. The van der Waals surface area contributed by atoms with E-state index < -0.39 is 7.37 Å². The van der Waals surface area contributed by atoms with Crippen molar-refractivity contribution in [3.63, 3.8) is 0 Å². The van der Waals surface area contributed by atoms with Gasteiger partial charge in [0, 0.05) is 12.3 Å². The zero-order chi connectivity index (χ0) is 11.9. The van der Waals surface area contributed by atoms with Gasteiger partial charge in [-0.25, -0.2) is 0 Å². The average molecular weight is 283 g/mol. The molecule has 3 nitrogen and oxygen atoms in total. The van der Waals surface area contributed by atoms with E-state index >= 15 is 0 Å². The van der Waals surface area contributed by atoms with Crippen LogP contribution in [0.2, 0.25) is 0 Å². The molecule has 0 aromatic heterocycles. The first-order chi connectivity index (χ1) is 7.64. The molecule has 1 rings (SSSR count). The standard InChI is InChI=1S/C10H24NO2P3/c12-16(13,8-4-7-11-15-14)9-10-5-2-1-3-6-10/h10-11,15H,1-9,14H2,(H,12,13). The Morgan fingerprint density at radius 3 is 2.69 bits per heavy atom. The Morgan fingerprint density at radius 2 is 2.06 bits per heavy atom. The van der Waals surface area contributed by atoms with E-state index in [1.54, 1.807) is 0 Å². The Kier molecular flexibility index (Phi) is 7.70. The number of rotatable bonds is 7. The predicted octanol–water partition coefficient (Wildman–Crippen LogP) is 3.20. The van der Waals surface area contributed by atoms with Crippen LogP contribution in [-0.2, 0) is 4.57 Å². The molecule has 0 aromatic carbocycles. The Labute approximate surface area is 103 Å². The van der Waals surface area contributed by atoms with Gasteiger partial charge in [0.25, 0.3) is 0 Å². The molecule has 1 fully saturated rings. The van der Waals surface area contributed by atoms with Crippen LogP contribution in [0.5, 0.6) is 0 Å². The highest BCUT2D eigenvalue weighted by molar-refractivity contribution is 8.01. The Bertz CT molecular complexity index is 232. The van der Waals surface area contributed by atoms with E-state index in [1.165, 1.54) is 19.3 Å². The summed E-state index contributed by atoms with van der Waals surface area (Å²) in [5, 5.41) is 3.18. The summed E-state index contributed by atoms with van der Waals surface area (Å²) in [6.45, 7) is 0.858. The largest absolute Gasteiger partial charge is 0.344 e. The lowest BCUT2D eigenvalue weighted by molar-refractivity contribution is 0.372. The van der Waals surface area contributed by atoms with E-state index in [0.717, 1.165) is 25.8 Å². The van der Waals surface area contributed by atoms with Crippen molar-refractivity contribution in [2.24, 2.45) is 5.92 Å². The topological polar surface area (TPSA) is 49.3 Å².